The zero-order chi connectivity index (χ0) is 16.0. The number of ether oxygens (including phenoxy) is 1. The number of amides is 1. The number of para-hydroxylation sites is 1. The summed E-state index contributed by atoms with van der Waals surface area (Å²) in [6.07, 6.45) is 6.83. The van der Waals surface area contributed by atoms with E-state index in [-0.39, 0.29) is 5.91 Å². The Balaban J connectivity index is 2.32. The minimum Gasteiger partial charge on any atom is -0.493 e. The second-order valence-corrected chi connectivity index (χ2v) is 5.79. The van der Waals surface area contributed by atoms with Gasteiger partial charge in [-0.05, 0) is 30.9 Å². The van der Waals surface area contributed by atoms with Crippen molar-refractivity contribution in [1.82, 2.24) is 5.32 Å². The lowest BCUT2D eigenvalue weighted by molar-refractivity contribution is -0.121. The Labute approximate surface area is 139 Å². The van der Waals surface area contributed by atoms with Crippen molar-refractivity contribution in [3.63, 3.8) is 0 Å². The Morgan fingerprint density at radius 1 is 1.18 bits per heavy atom. The van der Waals surface area contributed by atoms with E-state index in [0.29, 0.717) is 18.8 Å². The van der Waals surface area contributed by atoms with Gasteiger partial charge in [0.1, 0.15) is 5.75 Å². The highest BCUT2D eigenvalue weighted by molar-refractivity contribution is 6.17. The first-order valence-electron chi connectivity index (χ1n) is 8.31. The van der Waals surface area contributed by atoms with Crippen LogP contribution in [0.15, 0.2) is 24.3 Å². The van der Waals surface area contributed by atoms with E-state index in [1.165, 1.54) is 19.3 Å². The average Bonchev–Trinajstić information content (AvgIpc) is 2.54. The van der Waals surface area contributed by atoms with Crippen LogP contribution in [0.5, 0.6) is 5.75 Å². The Morgan fingerprint density at radius 2 is 2.00 bits per heavy atom. The molecule has 1 amide bonds. The standard InChI is InChI=1S/C18H28ClNO2/c1-2-3-4-7-15-22-17-10-6-5-9-16(17)12-14-20-18(21)11-8-13-19/h5-6,9-10H,2-4,7-8,11-15H2,1H3,(H,20,21). The highest BCUT2D eigenvalue weighted by atomic mass is 35.5. The van der Waals surface area contributed by atoms with Gasteiger partial charge in [0.05, 0.1) is 6.61 Å². The molecule has 1 aromatic carbocycles. The lowest BCUT2D eigenvalue weighted by atomic mass is 10.1. The van der Waals surface area contributed by atoms with Gasteiger partial charge in [-0.2, -0.15) is 0 Å². The lowest BCUT2D eigenvalue weighted by Gasteiger charge is -2.12. The summed E-state index contributed by atoms with van der Waals surface area (Å²) < 4.78 is 5.88. The van der Waals surface area contributed by atoms with Crippen molar-refractivity contribution in [3.8, 4) is 5.75 Å². The van der Waals surface area contributed by atoms with E-state index < -0.39 is 0 Å². The lowest BCUT2D eigenvalue weighted by Crippen LogP contribution is -2.25. The molecule has 22 heavy (non-hydrogen) atoms. The maximum absolute atomic E-state index is 11.5. The molecular formula is C18H28ClNO2. The van der Waals surface area contributed by atoms with Gasteiger partial charge in [-0.15, -0.1) is 11.6 Å². The van der Waals surface area contributed by atoms with E-state index >= 15 is 0 Å². The summed E-state index contributed by atoms with van der Waals surface area (Å²) in [7, 11) is 0. The normalized spacial score (nSPS) is 10.5. The minimum atomic E-state index is 0.0682. The summed E-state index contributed by atoms with van der Waals surface area (Å²) >= 11 is 5.58. The maximum Gasteiger partial charge on any atom is 0.220 e. The highest BCUT2D eigenvalue weighted by Crippen LogP contribution is 2.18. The van der Waals surface area contributed by atoms with Gasteiger partial charge in [0.2, 0.25) is 5.91 Å². The predicted octanol–water partition coefficient (Wildman–Crippen LogP) is 4.32. The molecule has 0 radical (unpaired) electrons. The molecule has 0 aliphatic rings. The first-order chi connectivity index (χ1) is 10.8. The quantitative estimate of drug-likeness (QED) is 0.459. The van der Waals surface area contributed by atoms with E-state index in [0.717, 1.165) is 37.2 Å². The maximum atomic E-state index is 11.5. The summed E-state index contributed by atoms with van der Waals surface area (Å²) in [5.41, 5.74) is 1.15. The van der Waals surface area contributed by atoms with Crippen LogP contribution in [0, 0.1) is 0 Å². The van der Waals surface area contributed by atoms with Crippen molar-refractivity contribution in [3.05, 3.63) is 29.8 Å². The van der Waals surface area contributed by atoms with Crippen LogP contribution in [-0.2, 0) is 11.2 Å². The number of alkyl halides is 1. The number of halogens is 1. The third kappa shape index (κ3) is 8.28. The van der Waals surface area contributed by atoms with Crippen molar-refractivity contribution in [2.24, 2.45) is 0 Å². The van der Waals surface area contributed by atoms with Gasteiger partial charge in [-0.25, -0.2) is 0 Å². The number of carbonyl (C=O) groups is 1. The van der Waals surface area contributed by atoms with Crippen LogP contribution in [-0.4, -0.2) is 24.9 Å². The first kappa shape index (κ1) is 18.8. The van der Waals surface area contributed by atoms with Crippen LogP contribution >= 0.6 is 11.6 Å². The third-order valence-corrected chi connectivity index (χ3v) is 3.75. The van der Waals surface area contributed by atoms with Crippen molar-refractivity contribution in [2.45, 2.75) is 51.9 Å². The molecule has 0 aliphatic carbocycles. The van der Waals surface area contributed by atoms with E-state index in [4.69, 9.17) is 16.3 Å². The Morgan fingerprint density at radius 3 is 2.77 bits per heavy atom. The van der Waals surface area contributed by atoms with Crippen LogP contribution in [0.4, 0.5) is 0 Å². The number of benzene rings is 1. The molecule has 0 unspecified atom stereocenters. The van der Waals surface area contributed by atoms with Crippen molar-refractivity contribution >= 4 is 17.5 Å². The Kier molecular flexibility index (Phi) is 10.6. The minimum absolute atomic E-state index is 0.0682. The molecule has 0 heterocycles. The molecular weight excluding hydrogens is 298 g/mol. The van der Waals surface area contributed by atoms with Gasteiger partial charge < -0.3 is 10.1 Å². The van der Waals surface area contributed by atoms with Gasteiger partial charge in [0.25, 0.3) is 0 Å². The summed E-state index contributed by atoms with van der Waals surface area (Å²) in [6, 6.07) is 8.06. The van der Waals surface area contributed by atoms with Crippen LogP contribution in [0.3, 0.4) is 0 Å². The molecule has 3 nitrogen and oxygen atoms in total. The number of nitrogens with one attached hydrogen (secondary N) is 1. The van der Waals surface area contributed by atoms with Crippen LogP contribution in [0.1, 0.15) is 51.0 Å². The fourth-order valence-electron chi connectivity index (χ4n) is 2.21. The smallest absolute Gasteiger partial charge is 0.220 e. The molecule has 0 bridgehead atoms. The number of carbonyl (C=O) groups excluding carboxylic acids is 1. The third-order valence-electron chi connectivity index (χ3n) is 3.48. The van der Waals surface area contributed by atoms with E-state index in [2.05, 4.69) is 18.3 Å². The first-order valence-corrected chi connectivity index (χ1v) is 8.84. The molecule has 1 aromatic rings. The van der Waals surface area contributed by atoms with Crippen molar-refractivity contribution < 1.29 is 9.53 Å². The second kappa shape index (κ2) is 12.3. The predicted molar refractivity (Wildman–Crippen MR) is 92.7 cm³/mol. The largest absolute Gasteiger partial charge is 0.493 e. The van der Waals surface area contributed by atoms with Gasteiger partial charge in [0, 0.05) is 18.8 Å². The van der Waals surface area contributed by atoms with E-state index in [1.807, 2.05) is 18.2 Å². The average molecular weight is 326 g/mol. The van der Waals surface area contributed by atoms with Crippen LogP contribution in [0.25, 0.3) is 0 Å². The molecule has 0 atom stereocenters. The Bertz CT molecular complexity index is 423. The fourth-order valence-corrected chi connectivity index (χ4v) is 2.35. The molecule has 1 N–H and O–H groups in total. The van der Waals surface area contributed by atoms with Crippen LogP contribution < -0.4 is 10.1 Å². The SMILES string of the molecule is CCCCCCOc1ccccc1CCNC(=O)CCCCl. The number of hydrogen-bond acceptors (Lipinski definition) is 2. The van der Waals surface area contributed by atoms with Gasteiger partial charge in [-0.1, -0.05) is 44.4 Å². The summed E-state index contributed by atoms with van der Waals surface area (Å²) in [4.78, 5) is 11.5. The molecule has 0 fully saturated rings. The second-order valence-electron chi connectivity index (χ2n) is 5.41. The molecule has 0 saturated carbocycles. The molecule has 0 spiro atoms. The summed E-state index contributed by atoms with van der Waals surface area (Å²) in [6.45, 7) is 3.61. The van der Waals surface area contributed by atoms with E-state index in [9.17, 15) is 4.79 Å². The molecule has 124 valence electrons. The fraction of sp³-hybridized carbons (Fsp3) is 0.611. The topological polar surface area (TPSA) is 38.3 Å². The Hall–Kier alpha value is -1.22. The zero-order valence-electron chi connectivity index (χ0n) is 13.6. The van der Waals surface area contributed by atoms with Crippen molar-refractivity contribution in [1.29, 1.82) is 0 Å². The zero-order valence-corrected chi connectivity index (χ0v) is 14.3. The molecule has 0 aliphatic heterocycles. The van der Waals surface area contributed by atoms with Gasteiger partial charge >= 0.3 is 0 Å². The van der Waals surface area contributed by atoms with Gasteiger partial charge in [0.15, 0.2) is 0 Å². The number of unbranched alkanes of at least 4 members (excludes halogenated alkanes) is 3. The summed E-state index contributed by atoms with van der Waals surface area (Å²) in [5.74, 6) is 1.54. The monoisotopic (exact) mass is 325 g/mol. The van der Waals surface area contributed by atoms with Gasteiger partial charge in [-0.3, -0.25) is 4.79 Å². The number of rotatable bonds is 12. The summed E-state index contributed by atoms with van der Waals surface area (Å²) in [5, 5.41) is 2.92. The highest BCUT2D eigenvalue weighted by Gasteiger charge is 2.04. The molecule has 0 saturated heterocycles. The van der Waals surface area contributed by atoms with Crippen LogP contribution in [0.2, 0.25) is 0 Å². The molecule has 0 aromatic heterocycles. The molecule has 1 rings (SSSR count). The van der Waals surface area contributed by atoms with Crippen molar-refractivity contribution in [2.75, 3.05) is 19.0 Å². The van der Waals surface area contributed by atoms with E-state index in [1.54, 1.807) is 0 Å². The molecule has 4 heteroatoms. The number of hydrogen-bond donors (Lipinski definition) is 1.